The largest absolute Gasteiger partial charge is 0.484 e. The molecule has 25 heavy (non-hydrogen) atoms. The second-order valence-corrected chi connectivity index (χ2v) is 5.85. The van der Waals surface area contributed by atoms with Crippen LogP contribution in [0.2, 0.25) is 0 Å². The van der Waals surface area contributed by atoms with Gasteiger partial charge in [-0.15, -0.1) is 0 Å². The minimum atomic E-state index is -0.469. The highest BCUT2D eigenvalue weighted by Crippen LogP contribution is 2.16. The van der Waals surface area contributed by atoms with Gasteiger partial charge >= 0.3 is 5.82 Å². The van der Waals surface area contributed by atoms with Crippen LogP contribution in [-0.2, 0) is 18.4 Å². The molecule has 8 heteroatoms. The third-order valence-corrected chi connectivity index (χ3v) is 3.56. The molecule has 1 aromatic rings. The van der Waals surface area contributed by atoms with Gasteiger partial charge in [0.15, 0.2) is 6.61 Å². The number of allylic oxidation sites excluding steroid dienone is 3. The molecule has 0 spiro atoms. The first-order chi connectivity index (χ1) is 12.0. The summed E-state index contributed by atoms with van der Waals surface area (Å²) in [5, 5.41) is 14.1. The van der Waals surface area contributed by atoms with Crippen LogP contribution in [-0.4, -0.2) is 32.8 Å². The van der Waals surface area contributed by atoms with Crippen molar-refractivity contribution in [2.45, 2.75) is 32.9 Å². The quantitative estimate of drug-likeness (QED) is 0.577. The highest BCUT2D eigenvalue weighted by molar-refractivity contribution is 5.97. The first kappa shape index (κ1) is 18.6. The topological polar surface area (TPSA) is 94.6 Å². The Bertz CT molecular complexity index is 729. The Kier molecular flexibility index (Phi) is 6.64. The van der Waals surface area contributed by atoms with Crippen molar-refractivity contribution in [3.63, 3.8) is 0 Å². The normalized spacial score (nSPS) is 16.0. The molecule has 0 atom stereocenters. The lowest BCUT2D eigenvalue weighted by molar-refractivity contribution is -0.391. The van der Waals surface area contributed by atoms with Crippen LogP contribution in [0.25, 0.3) is 0 Å². The Labute approximate surface area is 146 Å². The highest BCUT2D eigenvalue weighted by atomic mass is 16.6. The summed E-state index contributed by atoms with van der Waals surface area (Å²) in [5.74, 6) is 1.15. The van der Waals surface area contributed by atoms with Crippen molar-refractivity contribution in [2.24, 2.45) is 12.0 Å². The van der Waals surface area contributed by atoms with Gasteiger partial charge in [-0.2, -0.15) is 0 Å². The number of hydrogen-bond acceptors (Lipinski definition) is 6. The van der Waals surface area contributed by atoms with E-state index in [2.05, 4.69) is 29.1 Å². The van der Waals surface area contributed by atoms with E-state index in [1.54, 1.807) is 13.2 Å². The van der Waals surface area contributed by atoms with Gasteiger partial charge in [0.2, 0.25) is 5.82 Å². The molecule has 1 heterocycles. The first-order valence-electron chi connectivity index (χ1n) is 8.08. The van der Waals surface area contributed by atoms with Crippen LogP contribution < -0.4 is 5.32 Å². The predicted octanol–water partition coefficient (Wildman–Crippen LogP) is 2.64. The van der Waals surface area contributed by atoms with E-state index >= 15 is 0 Å². The molecular weight excluding hydrogens is 322 g/mol. The summed E-state index contributed by atoms with van der Waals surface area (Å²) in [7, 11) is 1.60. The van der Waals surface area contributed by atoms with Crippen molar-refractivity contribution in [2.75, 3.05) is 6.54 Å². The van der Waals surface area contributed by atoms with E-state index in [-0.39, 0.29) is 12.4 Å². The van der Waals surface area contributed by atoms with E-state index in [1.807, 2.05) is 24.3 Å². The van der Waals surface area contributed by atoms with Crippen LogP contribution in [0.1, 0.15) is 26.1 Å². The molecular formula is C17H23N5O3. The lowest BCUT2D eigenvalue weighted by Gasteiger charge is -2.09. The van der Waals surface area contributed by atoms with Crippen LogP contribution in [0.3, 0.4) is 0 Å². The fourth-order valence-corrected chi connectivity index (χ4v) is 2.12. The fraction of sp³-hybridized carbons (Fsp3) is 0.412. The van der Waals surface area contributed by atoms with Crippen LogP contribution in [0.5, 0.6) is 0 Å². The number of ether oxygens (including phenoxy) is 1. The molecule has 0 aliphatic heterocycles. The van der Waals surface area contributed by atoms with Gasteiger partial charge in [0.05, 0.1) is 7.05 Å². The average molecular weight is 345 g/mol. The molecule has 0 unspecified atom stereocenters. The zero-order valence-electron chi connectivity index (χ0n) is 14.7. The number of hydrogen-bond donors (Lipinski definition) is 1. The summed E-state index contributed by atoms with van der Waals surface area (Å²) >= 11 is 0. The maximum Gasteiger partial charge on any atom is 0.342 e. The van der Waals surface area contributed by atoms with Gasteiger partial charge in [-0.1, -0.05) is 19.9 Å². The maximum absolute atomic E-state index is 10.8. The van der Waals surface area contributed by atoms with E-state index < -0.39 is 4.92 Å². The molecule has 1 aromatic heterocycles. The predicted molar refractivity (Wildman–Crippen MR) is 96.2 cm³/mol. The van der Waals surface area contributed by atoms with Crippen LogP contribution in [0.15, 0.2) is 47.5 Å². The monoisotopic (exact) mass is 345 g/mol. The lowest BCUT2D eigenvalue weighted by Crippen LogP contribution is -2.22. The number of nitrogens with one attached hydrogen (secondary N) is 1. The Balaban J connectivity index is 1.82. The van der Waals surface area contributed by atoms with E-state index in [4.69, 9.17) is 4.74 Å². The van der Waals surface area contributed by atoms with Gasteiger partial charge in [-0.25, -0.2) is 9.55 Å². The third-order valence-electron chi connectivity index (χ3n) is 3.56. The smallest absolute Gasteiger partial charge is 0.342 e. The van der Waals surface area contributed by atoms with E-state index in [1.165, 1.54) is 10.8 Å². The molecule has 8 nitrogen and oxygen atoms in total. The summed E-state index contributed by atoms with van der Waals surface area (Å²) in [6, 6.07) is 0.453. The molecule has 1 aliphatic rings. The summed E-state index contributed by atoms with van der Waals surface area (Å²) in [5.41, 5.74) is 0.945. The van der Waals surface area contributed by atoms with Crippen LogP contribution in [0, 0.1) is 10.1 Å². The standard InChI is InChI=1S/C17H23N5O3/c1-13(2)18-9-4-10-19-14-5-7-15(8-6-14)25-12-16-20-11-17(21(16)3)22(23)24/h4-5,7-8,10-11,13,18H,6,9,12H2,1-3H3. The van der Waals surface area contributed by atoms with Crippen molar-refractivity contribution in [1.29, 1.82) is 0 Å². The number of nitrogens with zero attached hydrogens (tertiary/aromatic N) is 4. The fourth-order valence-electron chi connectivity index (χ4n) is 2.12. The maximum atomic E-state index is 10.8. The van der Waals surface area contributed by atoms with Gasteiger partial charge in [0.1, 0.15) is 12.0 Å². The minimum absolute atomic E-state index is 0.0556. The number of imidazole rings is 1. The van der Waals surface area contributed by atoms with E-state index in [0.717, 1.165) is 12.3 Å². The zero-order valence-corrected chi connectivity index (χ0v) is 14.7. The second kappa shape index (κ2) is 8.93. The Morgan fingerprint density at radius 3 is 2.92 bits per heavy atom. The molecule has 0 saturated heterocycles. The number of nitro groups is 1. The van der Waals surface area contributed by atoms with Crippen molar-refractivity contribution >= 4 is 11.5 Å². The molecule has 0 bridgehead atoms. The molecule has 2 rings (SSSR count). The summed E-state index contributed by atoms with van der Waals surface area (Å²) in [4.78, 5) is 18.7. The number of rotatable bonds is 8. The molecule has 0 amide bonds. The first-order valence-corrected chi connectivity index (χ1v) is 8.08. The van der Waals surface area contributed by atoms with Crippen LogP contribution >= 0.6 is 0 Å². The van der Waals surface area contributed by atoms with E-state index in [0.29, 0.717) is 24.0 Å². The van der Waals surface area contributed by atoms with Crippen molar-refractivity contribution in [3.8, 4) is 0 Å². The second-order valence-electron chi connectivity index (χ2n) is 5.85. The third kappa shape index (κ3) is 5.68. The SMILES string of the molecule is CC(C)NCC=CN=C1C=CC(OCc2ncc([N+](=O)[O-])n2C)=CC1. The number of aliphatic imine (C=N–C) groups is 1. The molecule has 0 saturated carbocycles. The van der Waals surface area contributed by atoms with Gasteiger partial charge in [0.25, 0.3) is 0 Å². The lowest BCUT2D eigenvalue weighted by atomic mass is 10.1. The zero-order chi connectivity index (χ0) is 18.2. The van der Waals surface area contributed by atoms with Crippen molar-refractivity contribution < 1.29 is 9.66 Å². The molecule has 0 fully saturated rings. The summed E-state index contributed by atoms with van der Waals surface area (Å²) in [6.07, 6.45) is 11.3. The van der Waals surface area contributed by atoms with Crippen molar-refractivity contribution in [3.05, 3.63) is 58.4 Å². The van der Waals surface area contributed by atoms with Gasteiger partial charge < -0.3 is 20.2 Å². The van der Waals surface area contributed by atoms with Crippen molar-refractivity contribution in [1.82, 2.24) is 14.9 Å². The summed E-state index contributed by atoms with van der Waals surface area (Å²) < 4.78 is 7.06. The van der Waals surface area contributed by atoms with Gasteiger partial charge in [-0.05, 0) is 23.2 Å². The highest BCUT2D eigenvalue weighted by Gasteiger charge is 2.17. The molecule has 1 N–H and O–H groups in total. The molecule has 1 aliphatic carbocycles. The minimum Gasteiger partial charge on any atom is -0.484 e. The Morgan fingerprint density at radius 2 is 2.32 bits per heavy atom. The molecule has 0 aromatic carbocycles. The van der Waals surface area contributed by atoms with Gasteiger partial charge in [-0.3, -0.25) is 4.99 Å². The average Bonchev–Trinajstić information content (AvgIpc) is 2.94. The Morgan fingerprint density at radius 1 is 1.52 bits per heavy atom. The summed E-state index contributed by atoms with van der Waals surface area (Å²) in [6.45, 7) is 5.16. The molecule has 0 radical (unpaired) electrons. The van der Waals surface area contributed by atoms with E-state index in [9.17, 15) is 10.1 Å². The van der Waals surface area contributed by atoms with Crippen LogP contribution in [0.4, 0.5) is 5.82 Å². The Hall–Kier alpha value is -2.74. The van der Waals surface area contributed by atoms with Gasteiger partial charge in [0, 0.05) is 30.9 Å². The number of aromatic nitrogens is 2. The molecule has 134 valence electrons.